The molecule has 1 aromatic rings. The van der Waals surface area contributed by atoms with Crippen molar-refractivity contribution in [2.75, 3.05) is 0 Å². The van der Waals surface area contributed by atoms with Crippen LogP contribution in [0.15, 0.2) is 12.1 Å². The molecule has 126 valence electrons. The Morgan fingerprint density at radius 2 is 1.83 bits per heavy atom. The lowest BCUT2D eigenvalue weighted by molar-refractivity contribution is -0.0727. The molecule has 0 unspecified atom stereocenters. The van der Waals surface area contributed by atoms with Crippen molar-refractivity contribution >= 4 is 0 Å². The average molecular weight is 314 g/mol. The molecule has 2 aliphatic heterocycles. The predicted molar refractivity (Wildman–Crippen MR) is 93.5 cm³/mol. The highest BCUT2D eigenvalue weighted by molar-refractivity contribution is 5.54. The molecule has 0 spiro atoms. The van der Waals surface area contributed by atoms with Crippen LogP contribution < -0.4 is 9.47 Å². The maximum absolute atomic E-state index is 6.49. The van der Waals surface area contributed by atoms with E-state index in [0.717, 1.165) is 30.8 Å². The number of aryl methyl sites for hydroxylation is 1. The highest BCUT2D eigenvalue weighted by Gasteiger charge is 2.54. The zero-order valence-electron chi connectivity index (χ0n) is 15.1. The van der Waals surface area contributed by atoms with Crippen molar-refractivity contribution in [1.29, 1.82) is 0 Å². The van der Waals surface area contributed by atoms with Crippen LogP contribution in [0.3, 0.4) is 0 Å². The zero-order valence-corrected chi connectivity index (χ0v) is 15.1. The molecule has 0 saturated heterocycles. The molecule has 23 heavy (non-hydrogen) atoms. The summed E-state index contributed by atoms with van der Waals surface area (Å²) < 4.78 is 13.0. The average Bonchev–Trinajstić information content (AvgIpc) is 2.45. The molecule has 0 N–H and O–H groups in total. The number of hydrogen-bond acceptors (Lipinski definition) is 2. The van der Waals surface area contributed by atoms with E-state index in [0.29, 0.717) is 11.8 Å². The summed E-state index contributed by atoms with van der Waals surface area (Å²) in [6.07, 6.45) is 8.45. The van der Waals surface area contributed by atoms with Gasteiger partial charge >= 0.3 is 0 Å². The van der Waals surface area contributed by atoms with E-state index < -0.39 is 0 Å². The van der Waals surface area contributed by atoms with Gasteiger partial charge < -0.3 is 9.47 Å². The number of fused-ring (bicyclic) bond motifs is 1. The third-order valence-electron chi connectivity index (χ3n) is 6.35. The molecule has 0 radical (unpaired) electrons. The first-order valence-electron chi connectivity index (χ1n) is 9.47. The van der Waals surface area contributed by atoms with E-state index in [1.54, 1.807) is 0 Å². The lowest BCUT2D eigenvalue weighted by Crippen LogP contribution is -2.53. The van der Waals surface area contributed by atoms with Crippen LogP contribution in [0.2, 0.25) is 0 Å². The lowest BCUT2D eigenvalue weighted by atomic mass is 9.61. The van der Waals surface area contributed by atoms with Gasteiger partial charge in [-0.1, -0.05) is 19.8 Å². The number of benzene rings is 1. The predicted octanol–water partition coefficient (Wildman–Crippen LogP) is 5.63. The Labute approximate surface area is 140 Å². The van der Waals surface area contributed by atoms with Gasteiger partial charge in [0.25, 0.3) is 0 Å². The monoisotopic (exact) mass is 314 g/mol. The molecule has 1 fully saturated rings. The Morgan fingerprint density at radius 1 is 1.09 bits per heavy atom. The van der Waals surface area contributed by atoms with Gasteiger partial charge in [-0.3, -0.25) is 0 Å². The Balaban J connectivity index is 1.76. The Hall–Kier alpha value is -1.18. The highest BCUT2D eigenvalue weighted by Crippen LogP contribution is 2.60. The minimum atomic E-state index is -0.0599. The van der Waals surface area contributed by atoms with Crippen molar-refractivity contribution in [3.05, 3.63) is 23.3 Å². The SMILES string of the molecule is CCCCCc1cc2c3c(c1)O[C@@]1(C)CC[C@@H]([C@@H]3C1)C(C)(C)O2. The zero-order chi connectivity index (χ0) is 16.2. The molecule has 2 heterocycles. The van der Waals surface area contributed by atoms with Crippen molar-refractivity contribution in [3.8, 4) is 11.5 Å². The van der Waals surface area contributed by atoms with Crippen molar-refractivity contribution in [1.82, 2.24) is 0 Å². The molecule has 0 amide bonds. The van der Waals surface area contributed by atoms with Gasteiger partial charge in [-0.05, 0) is 70.6 Å². The molecule has 2 heteroatoms. The van der Waals surface area contributed by atoms with E-state index in [-0.39, 0.29) is 11.2 Å². The van der Waals surface area contributed by atoms with Crippen LogP contribution in [0.1, 0.15) is 83.3 Å². The Kier molecular flexibility index (Phi) is 3.44. The largest absolute Gasteiger partial charge is 0.487 e. The highest BCUT2D eigenvalue weighted by atomic mass is 16.5. The summed E-state index contributed by atoms with van der Waals surface area (Å²) in [4.78, 5) is 0. The first-order chi connectivity index (χ1) is 10.9. The van der Waals surface area contributed by atoms with Crippen LogP contribution in [-0.4, -0.2) is 11.2 Å². The van der Waals surface area contributed by atoms with E-state index in [1.165, 1.54) is 36.8 Å². The topological polar surface area (TPSA) is 18.5 Å². The van der Waals surface area contributed by atoms with Crippen molar-refractivity contribution in [3.63, 3.8) is 0 Å². The molecule has 3 aliphatic rings. The fraction of sp³-hybridized carbons (Fsp3) is 0.714. The van der Waals surface area contributed by atoms with Gasteiger partial charge in [-0.2, -0.15) is 0 Å². The quantitative estimate of drug-likeness (QED) is 0.671. The number of hydrogen-bond donors (Lipinski definition) is 0. The smallest absolute Gasteiger partial charge is 0.127 e. The van der Waals surface area contributed by atoms with Crippen molar-refractivity contribution < 1.29 is 9.47 Å². The van der Waals surface area contributed by atoms with Crippen molar-refractivity contribution in [2.45, 2.75) is 89.8 Å². The Bertz CT molecular complexity index is 601. The van der Waals surface area contributed by atoms with Crippen LogP contribution in [0, 0.1) is 5.92 Å². The first-order valence-corrected chi connectivity index (χ1v) is 9.47. The van der Waals surface area contributed by atoms with Gasteiger partial charge in [0.1, 0.15) is 22.7 Å². The summed E-state index contributed by atoms with van der Waals surface area (Å²) in [5.74, 6) is 3.45. The maximum atomic E-state index is 6.49. The summed E-state index contributed by atoms with van der Waals surface area (Å²) >= 11 is 0. The van der Waals surface area contributed by atoms with Gasteiger partial charge in [-0.25, -0.2) is 0 Å². The fourth-order valence-electron chi connectivity index (χ4n) is 5.14. The third kappa shape index (κ3) is 2.45. The van der Waals surface area contributed by atoms with Crippen LogP contribution in [0.4, 0.5) is 0 Å². The second kappa shape index (κ2) is 5.16. The van der Waals surface area contributed by atoms with E-state index in [2.05, 4.69) is 39.8 Å². The second-order valence-electron chi connectivity index (χ2n) is 8.68. The first kappa shape index (κ1) is 15.4. The molecule has 4 rings (SSSR count). The van der Waals surface area contributed by atoms with Gasteiger partial charge in [0.15, 0.2) is 0 Å². The molecule has 2 nitrogen and oxygen atoms in total. The summed E-state index contributed by atoms with van der Waals surface area (Å²) in [6.45, 7) is 9.12. The van der Waals surface area contributed by atoms with Crippen LogP contribution in [0.25, 0.3) is 0 Å². The standard InChI is InChI=1S/C21H30O2/c1-5-6-7-8-14-11-17-19-15-13-21(4,23-18(19)12-14)10-9-16(15)20(2,3)22-17/h11-12,15-16H,5-10,13H2,1-4H3/t15-,16-,21-/m0/s1. The van der Waals surface area contributed by atoms with E-state index in [1.807, 2.05) is 0 Å². The molecular formula is C21H30O2. The molecular weight excluding hydrogens is 284 g/mol. The minimum absolute atomic E-state index is 0.0287. The van der Waals surface area contributed by atoms with Crippen LogP contribution in [-0.2, 0) is 6.42 Å². The maximum Gasteiger partial charge on any atom is 0.127 e. The molecule has 0 aromatic heterocycles. The van der Waals surface area contributed by atoms with Crippen molar-refractivity contribution in [2.24, 2.45) is 5.92 Å². The molecule has 1 aromatic carbocycles. The normalized spacial score (nSPS) is 32.9. The lowest BCUT2D eigenvalue weighted by Gasteiger charge is -2.55. The van der Waals surface area contributed by atoms with Crippen LogP contribution >= 0.6 is 0 Å². The Morgan fingerprint density at radius 3 is 2.57 bits per heavy atom. The summed E-state index contributed by atoms with van der Waals surface area (Å²) in [7, 11) is 0. The van der Waals surface area contributed by atoms with E-state index in [9.17, 15) is 0 Å². The van der Waals surface area contributed by atoms with Gasteiger partial charge in [0, 0.05) is 17.4 Å². The second-order valence-corrected chi connectivity index (χ2v) is 8.68. The molecule has 2 bridgehead atoms. The molecule has 1 saturated carbocycles. The number of ether oxygens (including phenoxy) is 2. The van der Waals surface area contributed by atoms with E-state index >= 15 is 0 Å². The number of rotatable bonds is 4. The minimum Gasteiger partial charge on any atom is -0.487 e. The van der Waals surface area contributed by atoms with Gasteiger partial charge in [-0.15, -0.1) is 0 Å². The molecule has 3 atom stereocenters. The summed E-state index contributed by atoms with van der Waals surface area (Å²) in [6, 6.07) is 4.61. The van der Waals surface area contributed by atoms with E-state index in [4.69, 9.17) is 9.47 Å². The third-order valence-corrected chi connectivity index (χ3v) is 6.35. The van der Waals surface area contributed by atoms with Gasteiger partial charge in [0.2, 0.25) is 0 Å². The number of unbranched alkanes of at least 4 members (excludes halogenated alkanes) is 2. The van der Waals surface area contributed by atoms with Gasteiger partial charge in [0.05, 0.1) is 0 Å². The fourth-order valence-corrected chi connectivity index (χ4v) is 5.14. The van der Waals surface area contributed by atoms with Crippen LogP contribution in [0.5, 0.6) is 11.5 Å². The molecule has 1 aliphatic carbocycles. The summed E-state index contributed by atoms with van der Waals surface area (Å²) in [5, 5.41) is 0. The summed E-state index contributed by atoms with van der Waals surface area (Å²) in [5.41, 5.74) is 2.71.